The summed E-state index contributed by atoms with van der Waals surface area (Å²) in [5.41, 5.74) is 2.63. The fourth-order valence-electron chi connectivity index (χ4n) is 2.97. The Kier molecular flexibility index (Phi) is 4.23. The molecule has 3 nitrogen and oxygen atoms in total. The van der Waals surface area contributed by atoms with Crippen LogP contribution in [-0.2, 0) is 6.54 Å². The van der Waals surface area contributed by atoms with Crippen LogP contribution in [0.5, 0.6) is 5.75 Å². The molecular weight excluding hydrogens is 260 g/mol. The predicted molar refractivity (Wildman–Crippen MR) is 85.2 cm³/mol. The summed E-state index contributed by atoms with van der Waals surface area (Å²) in [7, 11) is 2.19. The summed E-state index contributed by atoms with van der Waals surface area (Å²) in [6, 6.07) is 18.7. The Balaban J connectivity index is 1.79. The number of hydrogen-bond donors (Lipinski definition) is 1. The third kappa shape index (κ3) is 3.43. The average molecular weight is 282 g/mol. The number of likely N-dealkylation sites (N-methyl/N-ethyl adjacent to an activating group) is 1. The summed E-state index contributed by atoms with van der Waals surface area (Å²) in [6.45, 7) is 4.15. The van der Waals surface area contributed by atoms with Crippen LogP contribution in [0.1, 0.15) is 17.2 Å². The van der Waals surface area contributed by atoms with Crippen LogP contribution in [0.4, 0.5) is 0 Å². The van der Waals surface area contributed by atoms with Crippen molar-refractivity contribution < 1.29 is 5.11 Å². The quantitative estimate of drug-likeness (QED) is 0.937. The number of phenolic OH excluding ortho intramolecular Hbond substituents is 1. The van der Waals surface area contributed by atoms with Crippen molar-refractivity contribution in [3.05, 3.63) is 65.7 Å². The Hall–Kier alpha value is -1.84. The smallest absolute Gasteiger partial charge is 0.115 e. The Morgan fingerprint density at radius 1 is 1.00 bits per heavy atom. The highest BCUT2D eigenvalue weighted by atomic mass is 16.3. The van der Waals surface area contributed by atoms with Crippen LogP contribution in [0.25, 0.3) is 0 Å². The minimum atomic E-state index is 0.330. The number of rotatable bonds is 3. The minimum Gasteiger partial charge on any atom is -0.508 e. The van der Waals surface area contributed by atoms with Gasteiger partial charge in [-0.25, -0.2) is 0 Å². The van der Waals surface area contributed by atoms with Gasteiger partial charge < -0.3 is 10.0 Å². The first-order valence-corrected chi connectivity index (χ1v) is 7.48. The number of phenols is 1. The Morgan fingerprint density at radius 2 is 1.71 bits per heavy atom. The lowest BCUT2D eigenvalue weighted by Gasteiger charge is -2.40. The normalized spacial score (nSPS) is 20.5. The molecule has 1 heterocycles. The maximum absolute atomic E-state index is 9.41. The highest BCUT2D eigenvalue weighted by Crippen LogP contribution is 2.26. The molecule has 0 amide bonds. The zero-order valence-corrected chi connectivity index (χ0v) is 12.4. The van der Waals surface area contributed by atoms with Crippen LogP contribution in [0.3, 0.4) is 0 Å². The molecule has 0 bridgehead atoms. The van der Waals surface area contributed by atoms with Crippen molar-refractivity contribution in [1.29, 1.82) is 0 Å². The summed E-state index contributed by atoms with van der Waals surface area (Å²) in [4.78, 5) is 4.92. The standard InChI is InChI=1S/C18H22N2O/c1-19-11-12-20(13-15-7-9-17(21)10-8-15)18(14-19)16-5-3-2-4-6-16/h2-10,18,21H,11-14H2,1H3. The third-order valence-corrected chi connectivity index (χ3v) is 4.20. The van der Waals surface area contributed by atoms with E-state index in [0.29, 0.717) is 11.8 Å². The Labute approximate surface area is 126 Å². The molecule has 1 aliphatic rings. The van der Waals surface area contributed by atoms with Gasteiger partial charge >= 0.3 is 0 Å². The highest BCUT2D eigenvalue weighted by molar-refractivity contribution is 5.26. The van der Waals surface area contributed by atoms with Crippen LogP contribution in [-0.4, -0.2) is 41.6 Å². The molecule has 1 N–H and O–H groups in total. The summed E-state index contributed by atoms with van der Waals surface area (Å²) < 4.78 is 0. The van der Waals surface area contributed by atoms with Gasteiger partial charge in [0.15, 0.2) is 0 Å². The molecule has 2 aromatic carbocycles. The summed E-state index contributed by atoms with van der Waals surface area (Å²) >= 11 is 0. The molecule has 0 aliphatic carbocycles. The SMILES string of the molecule is CN1CCN(Cc2ccc(O)cc2)C(c2ccccc2)C1. The van der Waals surface area contributed by atoms with Crippen molar-refractivity contribution >= 4 is 0 Å². The van der Waals surface area contributed by atoms with E-state index in [1.54, 1.807) is 12.1 Å². The van der Waals surface area contributed by atoms with E-state index in [1.165, 1.54) is 11.1 Å². The number of aromatic hydroxyl groups is 1. The Morgan fingerprint density at radius 3 is 2.43 bits per heavy atom. The van der Waals surface area contributed by atoms with Crippen LogP contribution < -0.4 is 0 Å². The second-order valence-corrected chi connectivity index (χ2v) is 5.83. The largest absolute Gasteiger partial charge is 0.508 e. The van der Waals surface area contributed by atoms with E-state index in [2.05, 4.69) is 47.2 Å². The molecule has 2 aromatic rings. The van der Waals surface area contributed by atoms with Gasteiger partial charge in [0, 0.05) is 32.2 Å². The molecule has 1 unspecified atom stereocenters. The first kappa shape index (κ1) is 14.1. The molecule has 21 heavy (non-hydrogen) atoms. The first-order chi connectivity index (χ1) is 10.2. The van der Waals surface area contributed by atoms with Crippen LogP contribution in [0.15, 0.2) is 54.6 Å². The van der Waals surface area contributed by atoms with E-state index in [1.807, 2.05) is 12.1 Å². The molecule has 0 aromatic heterocycles. The molecule has 0 radical (unpaired) electrons. The lowest BCUT2D eigenvalue weighted by Crippen LogP contribution is -2.46. The summed E-state index contributed by atoms with van der Waals surface area (Å²) in [5.74, 6) is 0.330. The molecular formula is C18H22N2O. The lowest BCUT2D eigenvalue weighted by molar-refractivity contribution is 0.0834. The summed E-state index contributed by atoms with van der Waals surface area (Å²) in [5, 5.41) is 9.41. The number of benzene rings is 2. The van der Waals surface area contributed by atoms with Gasteiger partial charge in [0.1, 0.15) is 5.75 Å². The third-order valence-electron chi connectivity index (χ3n) is 4.20. The molecule has 0 saturated carbocycles. The fourth-order valence-corrected chi connectivity index (χ4v) is 2.97. The van der Waals surface area contributed by atoms with Gasteiger partial charge in [-0.1, -0.05) is 42.5 Å². The van der Waals surface area contributed by atoms with E-state index >= 15 is 0 Å². The minimum absolute atomic E-state index is 0.330. The van der Waals surface area contributed by atoms with E-state index in [0.717, 1.165) is 26.2 Å². The van der Waals surface area contributed by atoms with Crippen molar-refractivity contribution in [3.63, 3.8) is 0 Å². The van der Waals surface area contributed by atoms with Crippen LogP contribution >= 0.6 is 0 Å². The maximum Gasteiger partial charge on any atom is 0.115 e. The van der Waals surface area contributed by atoms with Gasteiger partial charge in [-0.15, -0.1) is 0 Å². The number of nitrogens with zero attached hydrogens (tertiary/aromatic N) is 2. The van der Waals surface area contributed by atoms with Gasteiger partial charge in [0.2, 0.25) is 0 Å². The van der Waals surface area contributed by atoms with Crippen molar-refractivity contribution in [3.8, 4) is 5.75 Å². The molecule has 1 atom stereocenters. The highest BCUT2D eigenvalue weighted by Gasteiger charge is 2.26. The molecule has 1 saturated heterocycles. The van der Waals surface area contributed by atoms with E-state index in [9.17, 15) is 5.11 Å². The molecule has 3 heteroatoms. The van der Waals surface area contributed by atoms with E-state index in [-0.39, 0.29) is 0 Å². The van der Waals surface area contributed by atoms with Crippen molar-refractivity contribution in [1.82, 2.24) is 9.80 Å². The first-order valence-electron chi connectivity index (χ1n) is 7.48. The monoisotopic (exact) mass is 282 g/mol. The molecule has 0 spiro atoms. The van der Waals surface area contributed by atoms with E-state index in [4.69, 9.17) is 0 Å². The molecule has 3 rings (SSSR count). The van der Waals surface area contributed by atoms with Crippen LogP contribution in [0, 0.1) is 0 Å². The van der Waals surface area contributed by atoms with Crippen molar-refractivity contribution in [2.75, 3.05) is 26.7 Å². The second kappa shape index (κ2) is 6.29. The van der Waals surface area contributed by atoms with Gasteiger partial charge in [-0.3, -0.25) is 4.90 Å². The fraction of sp³-hybridized carbons (Fsp3) is 0.333. The predicted octanol–water partition coefficient (Wildman–Crippen LogP) is 2.88. The average Bonchev–Trinajstić information content (AvgIpc) is 2.52. The Bertz CT molecular complexity index is 568. The topological polar surface area (TPSA) is 26.7 Å². The second-order valence-electron chi connectivity index (χ2n) is 5.83. The van der Waals surface area contributed by atoms with Crippen molar-refractivity contribution in [2.45, 2.75) is 12.6 Å². The zero-order valence-electron chi connectivity index (χ0n) is 12.4. The molecule has 1 aliphatic heterocycles. The number of hydrogen-bond acceptors (Lipinski definition) is 3. The maximum atomic E-state index is 9.41. The van der Waals surface area contributed by atoms with Gasteiger partial charge in [0.05, 0.1) is 0 Å². The van der Waals surface area contributed by atoms with Gasteiger partial charge in [-0.2, -0.15) is 0 Å². The molecule has 1 fully saturated rings. The van der Waals surface area contributed by atoms with Crippen LogP contribution in [0.2, 0.25) is 0 Å². The van der Waals surface area contributed by atoms with Gasteiger partial charge in [0.25, 0.3) is 0 Å². The summed E-state index contributed by atoms with van der Waals surface area (Å²) in [6.07, 6.45) is 0. The molecule has 110 valence electrons. The van der Waals surface area contributed by atoms with Gasteiger partial charge in [-0.05, 0) is 30.3 Å². The van der Waals surface area contributed by atoms with E-state index < -0.39 is 0 Å². The van der Waals surface area contributed by atoms with Crippen molar-refractivity contribution in [2.24, 2.45) is 0 Å². The lowest BCUT2D eigenvalue weighted by atomic mass is 10.0. The number of piperazine rings is 1. The zero-order chi connectivity index (χ0) is 14.7.